The monoisotopic (exact) mass is 302 g/mol. The molecule has 1 heterocycles. The van der Waals surface area contributed by atoms with E-state index in [0.29, 0.717) is 0 Å². The van der Waals surface area contributed by atoms with Gasteiger partial charge in [0.25, 0.3) is 0 Å². The average Bonchev–Trinajstić information content (AvgIpc) is 2.50. The van der Waals surface area contributed by atoms with Gasteiger partial charge in [-0.05, 0) is 49.4 Å². The molecule has 0 spiro atoms. The SMILES string of the molecule is CSC(C)(C)CNC(c1ccc(O)cc1)c1cccnc1. The first-order valence-corrected chi connectivity index (χ1v) is 8.22. The minimum atomic E-state index is 0.0747. The highest BCUT2D eigenvalue weighted by molar-refractivity contribution is 7.99. The van der Waals surface area contributed by atoms with Gasteiger partial charge in [0.15, 0.2) is 0 Å². The lowest BCUT2D eigenvalue weighted by molar-refractivity contribution is 0.474. The maximum atomic E-state index is 9.47. The van der Waals surface area contributed by atoms with E-state index in [-0.39, 0.29) is 16.5 Å². The molecule has 21 heavy (non-hydrogen) atoms. The Morgan fingerprint density at radius 3 is 2.48 bits per heavy atom. The van der Waals surface area contributed by atoms with Crippen LogP contribution < -0.4 is 5.32 Å². The van der Waals surface area contributed by atoms with Crippen molar-refractivity contribution in [3.05, 3.63) is 59.9 Å². The van der Waals surface area contributed by atoms with Crippen LogP contribution in [0.25, 0.3) is 0 Å². The van der Waals surface area contributed by atoms with Gasteiger partial charge in [0.1, 0.15) is 5.75 Å². The van der Waals surface area contributed by atoms with Crippen molar-refractivity contribution in [1.29, 1.82) is 0 Å². The number of phenols is 1. The van der Waals surface area contributed by atoms with Crippen molar-refractivity contribution in [3.8, 4) is 5.75 Å². The summed E-state index contributed by atoms with van der Waals surface area (Å²) in [5.41, 5.74) is 2.25. The lowest BCUT2D eigenvalue weighted by Gasteiger charge is -2.27. The van der Waals surface area contributed by atoms with E-state index in [2.05, 4.69) is 36.5 Å². The fraction of sp³-hybridized carbons (Fsp3) is 0.353. The zero-order valence-electron chi connectivity index (χ0n) is 12.7. The van der Waals surface area contributed by atoms with Gasteiger partial charge in [-0.1, -0.05) is 18.2 Å². The van der Waals surface area contributed by atoms with Gasteiger partial charge < -0.3 is 10.4 Å². The van der Waals surface area contributed by atoms with Gasteiger partial charge in [-0.25, -0.2) is 0 Å². The highest BCUT2D eigenvalue weighted by atomic mass is 32.2. The van der Waals surface area contributed by atoms with Crippen LogP contribution in [-0.2, 0) is 0 Å². The maximum absolute atomic E-state index is 9.47. The van der Waals surface area contributed by atoms with Crippen LogP contribution >= 0.6 is 11.8 Å². The number of nitrogens with zero attached hydrogens (tertiary/aromatic N) is 1. The normalized spacial score (nSPS) is 13.1. The summed E-state index contributed by atoms with van der Waals surface area (Å²) >= 11 is 1.84. The largest absolute Gasteiger partial charge is 0.508 e. The summed E-state index contributed by atoms with van der Waals surface area (Å²) in [5.74, 6) is 0.285. The van der Waals surface area contributed by atoms with Crippen molar-refractivity contribution >= 4 is 11.8 Å². The average molecular weight is 302 g/mol. The molecule has 1 aromatic carbocycles. The summed E-state index contributed by atoms with van der Waals surface area (Å²) in [7, 11) is 0. The van der Waals surface area contributed by atoms with Crippen LogP contribution in [0.2, 0.25) is 0 Å². The summed E-state index contributed by atoms with van der Waals surface area (Å²) in [6.45, 7) is 5.33. The van der Waals surface area contributed by atoms with Crippen LogP contribution in [0.3, 0.4) is 0 Å². The van der Waals surface area contributed by atoms with Crippen molar-refractivity contribution in [3.63, 3.8) is 0 Å². The number of benzene rings is 1. The quantitative estimate of drug-likeness (QED) is 0.855. The first-order valence-electron chi connectivity index (χ1n) is 6.99. The van der Waals surface area contributed by atoms with E-state index in [1.807, 2.05) is 36.2 Å². The number of hydrogen-bond acceptors (Lipinski definition) is 4. The summed E-state index contributed by atoms with van der Waals surface area (Å²) in [4.78, 5) is 4.22. The number of aromatic nitrogens is 1. The predicted octanol–water partition coefficient (Wildman–Crippen LogP) is 3.61. The van der Waals surface area contributed by atoms with Gasteiger partial charge in [-0.2, -0.15) is 11.8 Å². The second-order valence-electron chi connectivity index (χ2n) is 5.66. The van der Waals surface area contributed by atoms with Gasteiger partial charge in [0, 0.05) is 23.7 Å². The second kappa shape index (κ2) is 6.96. The lowest BCUT2D eigenvalue weighted by atomic mass is 9.99. The van der Waals surface area contributed by atoms with Gasteiger partial charge in [-0.15, -0.1) is 0 Å². The molecule has 0 fully saturated rings. The fourth-order valence-electron chi connectivity index (χ4n) is 2.06. The van der Waals surface area contributed by atoms with Crippen LogP contribution in [0.1, 0.15) is 31.0 Å². The van der Waals surface area contributed by atoms with Crippen molar-refractivity contribution in [2.24, 2.45) is 0 Å². The number of aromatic hydroxyl groups is 1. The third-order valence-electron chi connectivity index (χ3n) is 3.53. The second-order valence-corrected chi connectivity index (χ2v) is 7.17. The third kappa shape index (κ3) is 4.48. The molecule has 1 atom stereocenters. The Kier molecular flexibility index (Phi) is 5.26. The van der Waals surface area contributed by atoms with Gasteiger partial charge >= 0.3 is 0 Å². The maximum Gasteiger partial charge on any atom is 0.115 e. The van der Waals surface area contributed by atoms with Crippen LogP contribution in [0, 0.1) is 0 Å². The number of pyridine rings is 1. The molecule has 1 aromatic heterocycles. The van der Waals surface area contributed by atoms with E-state index in [0.717, 1.165) is 17.7 Å². The molecule has 0 bridgehead atoms. The number of nitrogens with one attached hydrogen (secondary N) is 1. The molecule has 0 aliphatic heterocycles. The lowest BCUT2D eigenvalue weighted by Crippen LogP contribution is -2.35. The summed E-state index contributed by atoms with van der Waals surface area (Å²) in [5, 5.41) is 13.1. The molecule has 0 radical (unpaired) electrons. The molecule has 1 unspecified atom stereocenters. The Morgan fingerprint density at radius 2 is 1.90 bits per heavy atom. The van der Waals surface area contributed by atoms with E-state index < -0.39 is 0 Å². The predicted molar refractivity (Wildman–Crippen MR) is 89.8 cm³/mol. The van der Waals surface area contributed by atoms with Crippen LogP contribution in [0.15, 0.2) is 48.8 Å². The standard InChI is InChI=1S/C17H22N2OS/c1-17(2,21-3)12-19-16(14-5-4-10-18-11-14)13-6-8-15(20)9-7-13/h4-11,16,19-20H,12H2,1-3H3. The zero-order chi connectivity index (χ0) is 15.3. The highest BCUT2D eigenvalue weighted by Crippen LogP contribution is 2.26. The van der Waals surface area contributed by atoms with E-state index in [4.69, 9.17) is 0 Å². The Bertz CT molecular complexity index is 555. The Hall–Kier alpha value is -1.52. The van der Waals surface area contributed by atoms with Gasteiger partial charge in [-0.3, -0.25) is 4.98 Å². The number of phenolic OH excluding ortho intramolecular Hbond substituents is 1. The van der Waals surface area contributed by atoms with Crippen molar-refractivity contribution in [1.82, 2.24) is 10.3 Å². The van der Waals surface area contributed by atoms with E-state index >= 15 is 0 Å². The first kappa shape index (κ1) is 15.9. The molecular formula is C17H22N2OS. The molecule has 3 nitrogen and oxygen atoms in total. The molecular weight excluding hydrogens is 280 g/mol. The minimum absolute atomic E-state index is 0.0747. The Morgan fingerprint density at radius 1 is 1.19 bits per heavy atom. The molecule has 0 amide bonds. The molecule has 2 rings (SSSR count). The zero-order valence-corrected chi connectivity index (χ0v) is 13.5. The fourth-order valence-corrected chi connectivity index (χ4v) is 2.29. The smallest absolute Gasteiger partial charge is 0.115 e. The van der Waals surface area contributed by atoms with E-state index in [9.17, 15) is 5.11 Å². The summed E-state index contributed by atoms with van der Waals surface area (Å²) < 4.78 is 0.164. The molecule has 4 heteroatoms. The molecule has 0 saturated carbocycles. The van der Waals surface area contributed by atoms with E-state index in [1.165, 1.54) is 0 Å². The number of thioether (sulfide) groups is 1. The molecule has 0 aliphatic rings. The summed E-state index contributed by atoms with van der Waals surface area (Å²) in [6.07, 6.45) is 5.79. The first-order chi connectivity index (χ1) is 10.0. The van der Waals surface area contributed by atoms with E-state index in [1.54, 1.807) is 18.3 Å². The topological polar surface area (TPSA) is 45.1 Å². The molecule has 2 aromatic rings. The van der Waals surface area contributed by atoms with Crippen LogP contribution in [0.4, 0.5) is 0 Å². The Labute approximate surface area is 130 Å². The van der Waals surface area contributed by atoms with Crippen molar-refractivity contribution in [2.45, 2.75) is 24.6 Å². The number of hydrogen-bond donors (Lipinski definition) is 2. The van der Waals surface area contributed by atoms with Crippen LogP contribution in [0.5, 0.6) is 5.75 Å². The Balaban J connectivity index is 2.25. The van der Waals surface area contributed by atoms with Gasteiger partial charge in [0.2, 0.25) is 0 Å². The minimum Gasteiger partial charge on any atom is -0.508 e. The van der Waals surface area contributed by atoms with Crippen molar-refractivity contribution in [2.75, 3.05) is 12.8 Å². The molecule has 0 saturated heterocycles. The third-order valence-corrected chi connectivity index (χ3v) is 4.78. The van der Waals surface area contributed by atoms with Gasteiger partial charge in [0.05, 0.1) is 6.04 Å². The molecule has 112 valence electrons. The van der Waals surface area contributed by atoms with Crippen molar-refractivity contribution < 1.29 is 5.11 Å². The molecule has 0 aliphatic carbocycles. The highest BCUT2D eigenvalue weighted by Gasteiger charge is 2.20. The van der Waals surface area contributed by atoms with Crippen LogP contribution in [-0.4, -0.2) is 27.6 Å². The summed E-state index contributed by atoms with van der Waals surface area (Å²) in [6, 6.07) is 11.4. The molecule has 2 N–H and O–H groups in total. The number of rotatable bonds is 6.